The summed E-state index contributed by atoms with van der Waals surface area (Å²) in [6.45, 7) is 13.4. The smallest absolute Gasteiger partial charge is 0.104 e. The lowest BCUT2D eigenvalue weighted by Gasteiger charge is -2.26. The molecule has 3 heteroatoms. The Bertz CT molecular complexity index is 258. The predicted octanol–water partition coefficient (Wildman–Crippen LogP) is 3.50. The Morgan fingerprint density at radius 1 is 1.17 bits per heavy atom. The van der Waals surface area contributed by atoms with Gasteiger partial charge >= 0.3 is 0 Å². The molecule has 0 aliphatic carbocycles. The summed E-state index contributed by atoms with van der Waals surface area (Å²) in [5.74, 6) is 0.567. The van der Waals surface area contributed by atoms with Gasteiger partial charge in [0.05, 0.1) is 12.2 Å². The van der Waals surface area contributed by atoms with Gasteiger partial charge in [-0.15, -0.1) is 0 Å². The number of ether oxygens (including phenoxy) is 1. The van der Waals surface area contributed by atoms with E-state index in [2.05, 4.69) is 46.0 Å². The molecule has 0 saturated carbocycles. The fraction of sp³-hybridized carbons (Fsp3) is 0.933. The fourth-order valence-electron chi connectivity index (χ4n) is 1.84. The first-order chi connectivity index (χ1) is 8.30. The van der Waals surface area contributed by atoms with E-state index in [1.54, 1.807) is 0 Å². The number of hydrogen-bond acceptors (Lipinski definition) is 3. The summed E-state index contributed by atoms with van der Waals surface area (Å²) >= 11 is 0. The largest absolute Gasteiger partial charge is 0.378 e. The van der Waals surface area contributed by atoms with E-state index in [0.717, 1.165) is 25.9 Å². The molecule has 1 N–H and O–H groups in total. The Labute approximate surface area is 113 Å². The van der Waals surface area contributed by atoms with Crippen LogP contribution in [0.15, 0.2) is 0 Å². The Balaban J connectivity index is 3.79. The maximum atomic E-state index is 9.21. The van der Waals surface area contributed by atoms with E-state index in [4.69, 9.17) is 4.74 Å². The SMILES string of the molecule is CC(C)NC(C)(C#N)CCCCOC(C)C(C)C. The average molecular weight is 254 g/mol. The minimum Gasteiger partial charge on any atom is -0.378 e. The van der Waals surface area contributed by atoms with Crippen LogP contribution in [0.3, 0.4) is 0 Å². The predicted molar refractivity (Wildman–Crippen MR) is 76.4 cm³/mol. The van der Waals surface area contributed by atoms with Crippen molar-refractivity contribution in [2.75, 3.05) is 6.61 Å². The van der Waals surface area contributed by atoms with Crippen molar-refractivity contribution in [1.29, 1.82) is 5.26 Å². The van der Waals surface area contributed by atoms with Gasteiger partial charge in [0.25, 0.3) is 0 Å². The second-order valence-electron chi connectivity index (χ2n) is 6.02. The normalized spacial score (nSPS) is 16.6. The topological polar surface area (TPSA) is 45.0 Å². The molecule has 0 aromatic heterocycles. The molecule has 0 aromatic rings. The van der Waals surface area contributed by atoms with Crippen LogP contribution in [0.4, 0.5) is 0 Å². The van der Waals surface area contributed by atoms with E-state index >= 15 is 0 Å². The van der Waals surface area contributed by atoms with E-state index in [0.29, 0.717) is 18.1 Å². The first kappa shape index (κ1) is 17.4. The van der Waals surface area contributed by atoms with Crippen LogP contribution in [-0.4, -0.2) is 24.3 Å². The molecule has 3 nitrogen and oxygen atoms in total. The summed E-state index contributed by atoms with van der Waals surface area (Å²) in [6.07, 6.45) is 3.24. The van der Waals surface area contributed by atoms with E-state index in [1.165, 1.54) is 0 Å². The molecule has 2 unspecified atom stereocenters. The molecule has 0 bridgehead atoms. The van der Waals surface area contributed by atoms with Crippen molar-refractivity contribution in [3.8, 4) is 6.07 Å². The molecule has 106 valence electrons. The molecule has 2 atom stereocenters. The van der Waals surface area contributed by atoms with Crippen molar-refractivity contribution in [3.63, 3.8) is 0 Å². The van der Waals surface area contributed by atoms with Crippen LogP contribution >= 0.6 is 0 Å². The molecule has 0 aromatic carbocycles. The Morgan fingerprint density at radius 3 is 2.22 bits per heavy atom. The molecule has 0 radical (unpaired) electrons. The summed E-state index contributed by atoms with van der Waals surface area (Å²) in [5, 5.41) is 12.5. The molecule has 0 fully saturated rings. The second kappa shape index (κ2) is 8.50. The van der Waals surface area contributed by atoms with Crippen molar-refractivity contribution >= 4 is 0 Å². The van der Waals surface area contributed by atoms with Gasteiger partial charge in [0, 0.05) is 12.6 Å². The van der Waals surface area contributed by atoms with E-state index < -0.39 is 5.54 Å². The molecule has 0 spiro atoms. The summed E-state index contributed by atoms with van der Waals surface area (Å²) in [4.78, 5) is 0. The molecule has 0 heterocycles. The maximum Gasteiger partial charge on any atom is 0.104 e. The van der Waals surface area contributed by atoms with Crippen LogP contribution in [0, 0.1) is 17.2 Å². The first-order valence-corrected chi connectivity index (χ1v) is 7.11. The second-order valence-corrected chi connectivity index (χ2v) is 6.02. The van der Waals surface area contributed by atoms with Gasteiger partial charge in [0.15, 0.2) is 0 Å². The highest BCUT2D eigenvalue weighted by Gasteiger charge is 2.23. The number of rotatable bonds is 9. The first-order valence-electron chi connectivity index (χ1n) is 7.11. The molecule has 0 saturated heterocycles. The van der Waals surface area contributed by atoms with Crippen LogP contribution in [0.25, 0.3) is 0 Å². The number of nitriles is 1. The highest BCUT2D eigenvalue weighted by atomic mass is 16.5. The van der Waals surface area contributed by atoms with Crippen molar-refractivity contribution in [2.45, 2.75) is 78.5 Å². The zero-order valence-electron chi connectivity index (χ0n) is 12.9. The summed E-state index contributed by atoms with van der Waals surface area (Å²) < 4.78 is 5.73. The van der Waals surface area contributed by atoms with Gasteiger partial charge in [-0.2, -0.15) is 5.26 Å². The number of nitrogens with zero attached hydrogens (tertiary/aromatic N) is 1. The summed E-state index contributed by atoms with van der Waals surface area (Å²) in [5.41, 5.74) is -0.405. The van der Waals surface area contributed by atoms with Gasteiger partial charge in [-0.25, -0.2) is 0 Å². The van der Waals surface area contributed by atoms with Crippen molar-refractivity contribution in [2.24, 2.45) is 5.92 Å². The number of hydrogen-bond donors (Lipinski definition) is 1. The van der Waals surface area contributed by atoms with Crippen molar-refractivity contribution in [1.82, 2.24) is 5.32 Å². The van der Waals surface area contributed by atoms with Crippen molar-refractivity contribution in [3.05, 3.63) is 0 Å². The zero-order valence-corrected chi connectivity index (χ0v) is 12.9. The zero-order chi connectivity index (χ0) is 14.2. The molecule has 0 rings (SSSR count). The quantitative estimate of drug-likeness (QED) is 0.641. The lowest BCUT2D eigenvalue weighted by Crippen LogP contribution is -2.44. The van der Waals surface area contributed by atoms with Gasteiger partial charge in [0.1, 0.15) is 5.54 Å². The van der Waals surface area contributed by atoms with Crippen molar-refractivity contribution < 1.29 is 4.74 Å². The highest BCUT2D eigenvalue weighted by molar-refractivity contribution is 5.04. The average Bonchev–Trinajstić information content (AvgIpc) is 2.27. The van der Waals surface area contributed by atoms with Gasteiger partial charge in [-0.3, -0.25) is 5.32 Å². The Morgan fingerprint density at radius 2 is 1.78 bits per heavy atom. The number of unbranched alkanes of at least 4 members (excludes halogenated alkanes) is 1. The third kappa shape index (κ3) is 7.68. The molecule has 0 aliphatic rings. The van der Waals surface area contributed by atoms with Gasteiger partial charge in [-0.1, -0.05) is 13.8 Å². The van der Waals surface area contributed by atoms with E-state index in [1.807, 2.05) is 6.92 Å². The standard InChI is InChI=1S/C15H30N2O/c1-12(2)14(5)18-10-8-7-9-15(6,11-16)17-13(3)4/h12-14,17H,7-10H2,1-6H3. The van der Waals surface area contributed by atoms with Gasteiger partial charge in [0.2, 0.25) is 0 Å². The third-order valence-electron chi connectivity index (χ3n) is 3.24. The fourth-order valence-corrected chi connectivity index (χ4v) is 1.84. The monoisotopic (exact) mass is 254 g/mol. The van der Waals surface area contributed by atoms with Crippen LogP contribution in [0.1, 0.15) is 60.8 Å². The van der Waals surface area contributed by atoms with Crippen LogP contribution in [0.2, 0.25) is 0 Å². The lowest BCUT2D eigenvalue weighted by molar-refractivity contribution is 0.0327. The third-order valence-corrected chi connectivity index (χ3v) is 3.24. The summed E-state index contributed by atoms with van der Waals surface area (Å²) in [6, 6.07) is 2.72. The molecular weight excluding hydrogens is 224 g/mol. The van der Waals surface area contributed by atoms with Gasteiger partial charge < -0.3 is 4.74 Å². The number of nitrogens with one attached hydrogen (secondary N) is 1. The minimum absolute atomic E-state index is 0.320. The Hall–Kier alpha value is -0.590. The minimum atomic E-state index is -0.405. The molecule has 18 heavy (non-hydrogen) atoms. The van der Waals surface area contributed by atoms with Crippen LogP contribution in [-0.2, 0) is 4.74 Å². The lowest BCUT2D eigenvalue weighted by atomic mass is 9.95. The highest BCUT2D eigenvalue weighted by Crippen LogP contribution is 2.14. The molecular formula is C15H30N2O. The van der Waals surface area contributed by atoms with Crippen LogP contribution in [0.5, 0.6) is 0 Å². The van der Waals surface area contributed by atoms with Crippen LogP contribution < -0.4 is 5.32 Å². The van der Waals surface area contributed by atoms with E-state index in [-0.39, 0.29) is 0 Å². The summed E-state index contributed by atoms with van der Waals surface area (Å²) in [7, 11) is 0. The van der Waals surface area contributed by atoms with Gasteiger partial charge in [-0.05, 0) is 52.9 Å². The Kier molecular flexibility index (Phi) is 8.22. The van der Waals surface area contributed by atoms with E-state index in [9.17, 15) is 5.26 Å². The molecule has 0 aliphatic heterocycles. The molecule has 0 amide bonds. The maximum absolute atomic E-state index is 9.21.